The zero-order valence-corrected chi connectivity index (χ0v) is 16.9. The minimum Gasteiger partial charge on any atom is -0.507 e. The van der Waals surface area contributed by atoms with Crippen molar-refractivity contribution in [2.45, 2.75) is 32.2 Å². The van der Waals surface area contributed by atoms with Gasteiger partial charge in [0.15, 0.2) is 11.5 Å². The van der Waals surface area contributed by atoms with Gasteiger partial charge in [-0.05, 0) is 34.7 Å². The molecule has 150 valence electrons. The third-order valence-corrected chi connectivity index (χ3v) is 5.41. The molecule has 1 fully saturated rings. The van der Waals surface area contributed by atoms with Crippen molar-refractivity contribution >= 4 is 17.4 Å². The molecule has 0 saturated carbocycles. The molecule has 6 heteroatoms. The van der Waals surface area contributed by atoms with E-state index in [0.717, 1.165) is 11.1 Å². The summed E-state index contributed by atoms with van der Waals surface area (Å²) in [6.45, 7) is 6.47. The highest BCUT2D eigenvalue weighted by Crippen LogP contribution is 2.41. The number of likely N-dealkylation sites (tertiary alicyclic amines) is 1. The largest absolute Gasteiger partial charge is 0.507 e. The summed E-state index contributed by atoms with van der Waals surface area (Å²) in [6, 6.07) is 12.1. The van der Waals surface area contributed by atoms with Crippen LogP contribution in [0.3, 0.4) is 0 Å². The Morgan fingerprint density at radius 2 is 1.69 bits per heavy atom. The highest BCUT2D eigenvalue weighted by molar-refractivity contribution is 6.46. The number of nitrogens with zero attached hydrogens (tertiary/aromatic N) is 1. The van der Waals surface area contributed by atoms with Crippen LogP contribution in [0.5, 0.6) is 11.5 Å². The van der Waals surface area contributed by atoms with Gasteiger partial charge >= 0.3 is 0 Å². The zero-order chi connectivity index (χ0) is 20.9. The molecular weight excluding hydrogens is 370 g/mol. The molecule has 6 nitrogen and oxygen atoms in total. The molecule has 0 bridgehead atoms. The number of hydrogen-bond donors (Lipinski definition) is 1. The molecular formula is C23H23NO5. The summed E-state index contributed by atoms with van der Waals surface area (Å²) >= 11 is 0. The number of hydrogen-bond acceptors (Lipinski definition) is 5. The highest BCUT2D eigenvalue weighted by Gasteiger charge is 2.44. The minimum absolute atomic E-state index is 0.0148. The number of Topliss-reactive ketones (excluding diaryl/α,β-unsaturated/α-hetero) is 1. The van der Waals surface area contributed by atoms with Crippen LogP contribution >= 0.6 is 0 Å². The van der Waals surface area contributed by atoms with Crippen molar-refractivity contribution in [3.8, 4) is 11.5 Å². The SMILES string of the molecule is CN1C(=O)C(=O)/C(=C(/O)c2ccc3c(c2)OCO3)C1c1ccc(C(C)(C)C)cc1. The first-order chi connectivity index (χ1) is 13.7. The number of aliphatic hydroxyl groups excluding tert-OH is 1. The maximum atomic E-state index is 12.7. The summed E-state index contributed by atoms with van der Waals surface area (Å²) in [5.41, 5.74) is 2.36. The van der Waals surface area contributed by atoms with E-state index in [1.807, 2.05) is 24.3 Å². The molecule has 1 saturated heterocycles. The van der Waals surface area contributed by atoms with Gasteiger partial charge in [-0.25, -0.2) is 0 Å². The van der Waals surface area contributed by atoms with Crippen LogP contribution in [-0.4, -0.2) is 35.5 Å². The monoisotopic (exact) mass is 393 g/mol. The number of likely N-dealkylation sites (N-methyl/N-ethyl adjacent to an activating group) is 1. The molecule has 0 spiro atoms. The Morgan fingerprint density at radius 3 is 2.34 bits per heavy atom. The van der Waals surface area contributed by atoms with Crippen molar-refractivity contribution in [3.63, 3.8) is 0 Å². The number of carbonyl (C=O) groups is 2. The fourth-order valence-electron chi connectivity index (χ4n) is 3.70. The predicted molar refractivity (Wildman–Crippen MR) is 108 cm³/mol. The van der Waals surface area contributed by atoms with E-state index in [1.165, 1.54) is 4.90 Å². The smallest absolute Gasteiger partial charge is 0.295 e. The number of carbonyl (C=O) groups excluding carboxylic acids is 2. The second-order valence-corrected chi connectivity index (χ2v) is 8.35. The average molecular weight is 393 g/mol. The lowest BCUT2D eigenvalue weighted by molar-refractivity contribution is -0.139. The van der Waals surface area contributed by atoms with Gasteiger partial charge in [-0.2, -0.15) is 0 Å². The Kier molecular flexibility index (Phi) is 4.37. The lowest BCUT2D eigenvalue weighted by atomic mass is 9.85. The average Bonchev–Trinajstić information content (AvgIpc) is 3.25. The van der Waals surface area contributed by atoms with Crippen LogP contribution in [0.15, 0.2) is 48.0 Å². The molecule has 2 aromatic carbocycles. The number of benzene rings is 2. The molecule has 1 unspecified atom stereocenters. The first-order valence-electron chi connectivity index (χ1n) is 9.43. The van der Waals surface area contributed by atoms with Crippen LogP contribution in [-0.2, 0) is 15.0 Å². The lowest BCUT2D eigenvalue weighted by Gasteiger charge is -2.23. The third kappa shape index (κ3) is 3.14. The summed E-state index contributed by atoms with van der Waals surface area (Å²) in [4.78, 5) is 26.5. The summed E-state index contributed by atoms with van der Waals surface area (Å²) in [5.74, 6) is -0.502. The van der Waals surface area contributed by atoms with Crippen LogP contribution in [0.2, 0.25) is 0 Å². The molecule has 2 aromatic rings. The number of fused-ring (bicyclic) bond motifs is 1. The molecule has 2 heterocycles. The van der Waals surface area contributed by atoms with Gasteiger partial charge in [-0.3, -0.25) is 9.59 Å². The number of aliphatic hydroxyl groups is 1. The van der Waals surface area contributed by atoms with Crippen molar-refractivity contribution in [1.82, 2.24) is 4.90 Å². The van der Waals surface area contributed by atoms with E-state index >= 15 is 0 Å². The minimum atomic E-state index is -0.701. The van der Waals surface area contributed by atoms with E-state index in [1.54, 1.807) is 25.2 Å². The Morgan fingerprint density at radius 1 is 1.03 bits per heavy atom. The van der Waals surface area contributed by atoms with Gasteiger partial charge in [0.25, 0.3) is 11.7 Å². The van der Waals surface area contributed by atoms with Gasteiger partial charge < -0.3 is 19.5 Å². The topological polar surface area (TPSA) is 76.1 Å². The van der Waals surface area contributed by atoms with Crippen LogP contribution in [0, 0.1) is 0 Å². The summed E-state index contributed by atoms with van der Waals surface area (Å²) in [6.07, 6.45) is 0. The van der Waals surface area contributed by atoms with Crippen LogP contribution < -0.4 is 9.47 Å². The van der Waals surface area contributed by atoms with E-state index in [9.17, 15) is 14.7 Å². The maximum absolute atomic E-state index is 12.7. The van der Waals surface area contributed by atoms with E-state index in [4.69, 9.17) is 9.47 Å². The van der Waals surface area contributed by atoms with Gasteiger partial charge in [-0.1, -0.05) is 45.0 Å². The Labute approximate surface area is 169 Å². The number of rotatable bonds is 2. The standard InChI is InChI=1S/C23H23NO5/c1-23(2,3)15-8-5-13(6-9-15)19-18(21(26)22(27)24(19)4)20(25)14-7-10-16-17(11-14)29-12-28-16/h5-11,19,25H,12H2,1-4H3/b20-18+. The number of ketones is 1. The molecule has 1 atom stereocenters. The second kappa shape index (κ2) is 6.65. The van der Waals surface area contributed by atoms with E-state index < -0.39 is 17.7 Å². The van der Waals surface area contributed by atoms with Crippen LogP contribution in [0.25, 0.3) is 5.76 Å². The predicted octanol–water partition coefficient (Wildman–Crippen LogP) is 3.76. The molecule has 4 rings (SSSR count). The fraction of sp³-hybridized carbons (Fsp3) is 0.304. The highest BCUT2D eigenvalue weighted by atomic mass is 16.7. The van der Waals surface area contributed by atoms with Crippen molar-refractivity contribution in [3.05, 3.63) is 64.7 Å². The van der Waals surface area contributed by atoms with Gasteiger partial charge in [0, 0.05) is 12.6 Å². The van der Waals surface area contributed by atoms with E-state index in [-0.39, 0.29) is 23.5 Å². The Hall–Kier alpha value is -3.28. The van der Waals surface area contributed by atoms with E-state index in [2.05, 4.69) is 20.8 Å². The lowest BCUT2D eigenvalue weighted by Crippen LogP contribution is -2.25. The fourth-order valence-corrected chi connectivity index (χ4v) is 3.70. The first-order valence-corrected chi connectivity index (χ1v) is 9.43. The summed E-state index contributed by atoms with van der Waals surface area (Å²) in [7, 11) is 1.57. The molecule has 0 aromatic heterocycles. The maximum Gasteiger partial charge on any atom is 0.295 e. The van der Waals surface area contributed by atoms with Crippen molar-refractivity contribution < 1.29 is 24.2 Å². The van der Waals surface area contributed by atoms with Crippen molar-refractivity contribution in [2.24, 2.45) is 0 Å². The van der Waals surface area contributed by atoms with Gasteiger partial charge in [0.1, 0.15) is 5.76 Å². The van der Waals surface area contributed by atoms with Gasteiger partial charge in [0.05, 0.1) is 11.6 Å². The van der Waals surface area contributed by atoms with Gasteiger partial charge in [-0.15, -0.1) is 0 Å². The van der Waals surface area contributed by atoms with Crippen molar-refractivity contribution in [1.29, 1.82) is 0 Å². The van der Waals surface area contributed by atoms with Crippen molar-refractivity contribution in [2.75, 3.05) is 13.8 Å². The molecule has 0 radical (unpaired) electrons. The van der Waals surface area contributed by atoms with Gasteiger partial charge in [0.2, 0.25) is 6.79 Å². The Balaban J connectivity index is 1.80. The summed E-state index contributed by atoms with van der Waals surface area (Å²) < 4.78 is 10.7. The third-order valence-electron chi connectivity index (χ3n) is 5.41. The first kappa shape index (κ1) is 19.1. The summed E-state index contributed by atoms with van der Waals surface area (Å²) in [5, 5.41) is 11.0. The van der Waals surface area contributed by atoms with E-state index in [0.29, 0.717) is 17.1 Å². The molecule has 29 heavy (non-hydrogen) atoms. The zero-order valence-electron chi connectivity index (χ0n) is 16.9. The van der Waals surface area contributed by atoms with Crippen LogP contribution in [0.1, 0.15) is 43.5 Å². The molecule has 1 N–H and O–H groups in total. The molecule has 1 amide bonds. The second-order valence-electron chi connectivity index (χ2n) is 8.35. The normalized spacial score (nSPS) is 20.4. The quantitative estimate of drug-likeness (QED) is 0.478. The molecule has 0 aliphatic carbocycles. The van der Waals surface area contributed by atoms with Crippen LogP contribution in [0.4, 0.5) is 0 Å². The Bertz CT molecular complexity index is 1030. The number of ether oxygens (including phenoxy) is 2. The molecule has 2 aliphatic heterocycles. The number of amides is 1. The molecule has 2 aliphatic rings.